The van der Waals surface area contributed by atoms with Crippen molar-refractivity contribution in [2.45, 2.75) is 0 Å². The normalized spacial score (nSPS) is 12.1. The Balaban J connectivity index is 1.01. The van der Waals surface area contributed by atoms with Crippen LogP contribution in [-0.2, 0) is 0 Å². The average Bonchev–Trinajstić information content (AvgIpc) is 4.03. The van der Waals surface area contributed by atoms with Gasteiger partial charge in [0.25, 0.3) is 0 Å². The molecule has 13 rings (SSSR count). The van der Waals surface area contributed by atoms with Gasteiger partial charge in [0.05, 0.1) is 33.5 Å². The molecule has 6 nitrogen and oxygen atoms in total. The van der Waals surface area contributed by atoms with Gasteiger partial charge in [-0.05, 0) is 97.1 Å². The first-order valence-electron chi connectivity index (χ1n) is 19.5. The van der Waals surface area contributed by atoms with E-state index in [0.717, 1.165) is 100 Å². The molecule has 0 unspecified atom stereocenters. The number of hydrogen-bond donors (Lipinski definition) is 0. The Hall–Kier alpha value is -7.96. The van der Waals surface area contributed by atoms with E-state index in [0.29, 0.717) is 0 Å². The topological polar surface area (TPSA) is 61.9 Å². The fourth-order valence-electron chi connectivity index (χ4n) is 9.11. The van der Waals surface area contributed by atoms with Crippen LogP contribution in [0.15, 0.2) is 191 Å². The van der Waals surface area contributed by atoms with Crippen molar-refractivity contribution in [3.63, 3.8) is 0 Å². The van der Waals surface area contributed by atoms with Crippen LogP contribution in [0.25, 0.3) is 122 Å². The lowest BCUT2D eigenvalue weighted by Crippen LogP contribution is -2.00. The number of nitrogens with zero attached hydrogens (tertiary/aromatic N) is 4. The average molecular weight is 743 g/mol. The van der Waals surface area contributed by atoms with Crippen molar-refractivity contribution < 1.29 is 8.83 Å². The van der Waals surface area contributed by atoms with E-state index in [1.807, 2.05) is 24.3 Å². The quantitative estimate of drug-likeness (QED) is 0.180. The van der Waals surface area contributed by atoms with Crippen molar-refractivity contribution in [3.8, 4) is 34.2 Å². The van der Waals surface area contributed by atoms with Gasteiger partial charge in [0.2, 0.25) is 0 Å². The number of rotatable bonds is 4. The highest BCUT2D eigenvalue weighted by atomic mass is 16.3. The molecule has 13 aromatic rings. The number of pyridine rings is 2. The lowest BCUT2D eigenvalue weighted by molar-refractivity contribution is 0.668. The van der Waals surface area contributed by atoms with Crippen LogP contribution in [0, 0.1) is 0 Å². The number of para-hydroxylation sites is 4. The van der Waals surface area contributed by atoms with Crippen molar-refractivity contribution in [1.82, 2.24) is 19.1 Å². The summed E-state index contributed by atoms with van der Waals surface area (Å²) in [7, 11) is 0. The SMILES string of the molecule is c1cc(-c2ccc3oc4ccccc4c3c2)nc(-n2c3ccccc3c3cc4c5ccccc5n(-c5cccc(-c6ccc7oc8ccccc8c7c6)n5)c4cc32)c1. The summed E-state index contributed by atoms with van der Waals surface area (Å²) in [5, 5.41) is 9.07. The molecule has 6 heteroatoms. The summed E-state index contributed by atoms with van der Waals surface area (Å²) in [6, 6.07) is 63.6. The van der Waals surface area contributed by atoms with Gasteiger partial charge in [0.1, 0.15) is 34.0 Å². The summed E-state index contributed by atoms with van der Waals surface area (Å²) >= 11 is 0. The van der Waals surface area contributed by atoms with Crippen LogP contribution in [0.4, 0.5) is 0 Å². The Morgan fingerprint density at radius 2 is 0.724 bits per heavy atom. The molecule has 58 heavy (non-hydrogen) atoms. The largest absolute Gasteiger partial charge is 0.456 e. The Labute approximate surface area is 330 Å². The first-order chi connectivity index (χ1) is 28.7. The number of hydrogen-bond acceptors (Lipinski definition) is 4. The molecule has 0 aliphatic carbocycles. The molecule has 0 atom stereocenters. The van der Waals surface area contributed by atoms with Crippen LogP contribution in [0.1, 0.15) is 0 Å². The van der Waals surface area contributed by atoms with Crippen molar-refractivity contribution >= 4 is 87.5 Å². The molecule has 0 N–H and O–H groups in total. The maximum absolute atomic E-state index is 6.14. The molecule has 270 valence electrons. The molecule has 0 fully saturated rings. The summed E-state index contributed by atoms with van der Waals surface area (Å²) in [5.41, 5.74) is 11.7. The zero-order chi connectivity index (χ0) is 37.9. The van der Waals surface area contributed by atoms with E-state index in [1.165, 1.54) is 21.5 Å². The fraction of sp³-hybridized carbons (Fsp3) is 0. The molecule has 7 aromatic carbocycles. The van der Waals surface area contributed by atoms with E-state index < -0.39 is 0 Å². The molecule has 0 radical (unpaired) electrons. The predicted molar refractivity (Wildman–Crippen MR) is 236 cm³/mol. The first-order valence-corrected chi connectivity index (χ1v) is 19.5. The first kappa shape index (κ1) is 31.3. The summed E-state index contributed by atoms with van der Waals surface area (Å²) in [5.74, 6) is 1.70. The molecular formula is C52H30N4O2. The highest BCUT2D eigenvalue weighted by Crippen LogP contribution is 2.40. The van der Waals surface area contributed by atoms with Gasteiger partial charge in [-0.25, -0.2) is 9.97 Å². The van der Waals surface area contributed by atoms with Crippen molar-refractivity contribution in [2.75, 3.05) is 0 Å². The molecule has 0 saturated carbocycles. The van der Waals surface area contributed by atoms with Gasteiger partial charge in [0, 0.05) is 54.2 Å². The van der Waals surface area contributed by atoms with Crippen molar-refractivity contribution in [1.29, 1.82) is 0 Å². The third kappa shape index (κ3) is 4.48. The van der Waals surface area contributed by atoms with E-state index in [-0.39, 0.29) is 0 Å². The minimum absolute atomic E-state index is 0.852. The lowest BCUT2D eigenvalue weighted by Gasteiger charge is -2.11. The highest BCUT2D eigenvalue weighted by Gasteiger charge is 2.20. The highest BCUT2D eigenvalue weighted by molar-refractivity contribution is 6.19. The van der Waals surface area contributed by atoms with Crippen molar-refractivity contribution in [2.24, 2.45) is 0 Å². The second-order valence-electron chi connectivity index (χ2n) is 15.0. The van der Waals surface area contributed by atoms with Gasteiger partial charge in [-0.3, -0.25) is 9.13 Å². The lowest BCUT2D eigenvalue weighted by atomic mass is 10.1. The maximum atomic E-state index is 6.14. The standard InChI is InChI=1S/C52H30N4O2/c1-5-17-43-33(11-1)37-29-38-34-12-2-6-18-44(34)56(52-22-10-16-42(54-52)32-24-26-50-40(28-32)36-14-4-8-20-48(36)58-50)46(38)30-45(37)55(43)51-21-9-15-41(53-51)31-23-25-49-39(27-31)35-13-3-7-19-47(35)57-49/h1-30H. The van der Waals surface area contributed by atoms with Crippen LogP contribution in [-0.4, -0.2) is 19.1 Å². The minimum Gasteiger partial charge on any atom is -0.456 e. The third-order valence-corrected chi connectivity index (χ3v) is 11.7. The number of benzene rings is 7. The van der Waals surface area contributed by atoms with Crippen LogP contribution in [0.5, 0.6) is 0 Å². The van der Waals surface area contributed by atoms with Gasteiger partial charge in [-0.2, -0.15) is 0 Å². The van der Waals surface area contributed by atoms with Gasteiger partial charge >= 0.3 is 0 Å². The van der Waals surface area contributed by atoms with E-state index in [2.05, 4.69) is 167 Å². The second-order valence-corrected chi connectivity index (χ2v) is 15.0. The van der Waals surface area contributed by atoms with Crippen LogP contribution in [0.2, 0.25) is 0 Å². The fourth-order valence-corrected chi connectivity index (χ4v) is 9.11. The van der Waals surface area contributed by atoms with Crippen LogP contribution in [0.3, 0.4) is 0 Å². The Morgan fingerprint density at radius 1 is 0.293 bits per heavy atom. The molecule has 0 spiro atoms. The van der Waals surface area contributed by atoms with Crippen molar-refractivity contribution in [3.05, 3.63) is 182 Å². The van der Waals surface area contributed by atoms with Gasteiger partial charge in [-0.1, -0.05) is 84.9 Å². The van der Waals surface area contributed by atoms with Gasteiger partial charge in [-0.15, -0.1) is 0 Å². The molecular weight excluding hydrogens is 713 g/mol. The minimum atomic E-state index is 0.852. The van der Waals surface area contributed by atoms with E-state index in [4.69, 9.17) is 18.8 Å². The molecule has 0 aliphatic rings. The molecule has 0 saturated heterocycles. The third-order valence-electron chi connectivity index (χ3n) is 11.7. The molecule has 6 heterocycles. The maximum Gasteiger partial charge on any atom is 0.138 e. The molecule has 0 bridgehead atoms. The summed E-state index contributed by atoms with van der Waals surface area (Å²) in [4.78, 5) is 10.7. The predicted octanol–water partition coefficient (Wildman–Crippen LogP) is 13.8. The molecule has 0 aliphatic heterocycles. The monoisotopic (exact) mass is 742 g/mol. The summed E-state index contributed by atoms with van der Waals surface area (Å²) in [6.45, 7) is 0. The number of fused-ring (bicyclic) bond motifs is 12. The Morgan fingerprint density at radius 3 is 1.22 bits per heavy atom. The Kier molecular flexibility index (Phi) is 6.35. The summed E-state index contributed by atoms with van der Waals surface area (Å²) < 4.78 is 16.9. The zero-order valence-electron chi connectivity index (χ0n) is 30.9. The molecule has 0 amide bonds. The Bertz CT molecular complexity index is 3580. The van der Waals surface area contributed by atoms with E-state index in [9.17, 15) is 0 Å². The van der Waals surface area contributed by atoms with Crippen LogP contribution >= 0.6 is 0 Å². The van der Waals surface area contributed by atoms with E-state index >= 15 is 0 Å². The zero-order valence-corrected chi connectivity index (χ0v) is 30.9. The smallest absolute Gasteiger partial charge is 0.138 e. The van der Waals surface area contributed by atoms with Gasteiger partial charge in [0.15, 0.2) is 0 Å². The summed E-state index contributed by atoms with van der Waals surface area (Å²) in [6.07, 6.45) is 0. The molecule has 6 aromatic heterocycles. The second kappa shape index (κ2) is 11.8. The van der Waals surface area contributed by atoms with E-state index in [1.54, 1.807) is 0 Å². The number of furan rings is 2. The van der Waals surface area contributed by atoms with Gasteiger partial charge < -0.3 is 8.83 Å². The van der Waals surface area contributed by atoms with Crippen LogP contribution < -0.4 is 0 Å². The number of aromatic nitrogens is 4.